The molecule has 0 amide bonds. The first kappa shape index (κ1) is 6.30. The lowest BCUT2D eigenvalue weighted by Crippen LogP contribution is -2.26. The molecule has 1 aliphatic carbocycles. The monoisotopic (exact) mass is 143 g/mol. The van der Waals surface area contributed by atoms with Crippen LogP contribution in [0.1, 0.15) is 5.69 Å². The van der Waals surface area contributed by atoms with E-state index in [2.05, 4.69) is 35.1 Å². The molecule has 0 N–H and O–H groups in total. The van der Waals surface area contributed by atoms with Crippen LogP contribution in [0.2, 0.25) is 0 Å². The Morgan fingerprint density at radius 2 is 2.27 bits per heavy atom. The normalized spacial score (nSPS) is 12.2. The van der Waals surface area contributed by atoms with E-state index in [0.29, 0.717) is 0 Å². The summed E-state index contributed by atoms with van der Waals surface area (Å²) in [7, 11) is 2.04. The molecule has 0 atom stereocenters. The maximum atomic E-state index is 3.08. The van der Waals surface area contributed by atoms with Crippen molar-refractivity contribution >= 4 is 11.8 Å². The fourth-order valence-electron chi connectivity index (χ4n) is 1.28. The first-order valence-electron chi connectivity index (χ1n) is 3.63. The van der Waals surface area contributed by atoms with Crippen LogP contribution in [-0.2, 0) is 7.05 Å². The number of hydrogen-bond acceptors (Lipinski definition) is 0. The molecule has 11 heavy (non-hydrogen) atoms. The van der Waals surface area contributed by atoms with Gasteiger partial charge in [0.05, 0.1) is 5.35 Å². The minimum absolute atomic E-state index is 1.13. The van der Waals surface area contributed by atoms with Gasteiger partial charge >= 0.3 is 0 Å². The van der Waals surface area contributed by atoms with Crippen LogP contribution in [0.3, 0.4) is 0 Å². The van der Waals surface area contributed by atoms with Crippen molar-refractivity contribution in [1.82, 2.24) is 4.57 Å². The lowest BCUT2D eigenvalue weighted by molar-refractivity contribution is 0.850. The largest absolute Gasteiger partial charge is 0.341 e. The predicted octanol–water partition coefficient (Wildman–Crippen LogP) is 0.218. The summed E-state index contributed by atoms with van der Waals surface area (Å²) in [6.45, 7) is 2.09. The highest BCUT2D eigenvalue weighted by molar-refractivity contribution is 5.44. The fraction of sp³-hybridized carbons (Fsp3) is 0.200. The minimum atomic E-state index is 1.13. The van der Waals surface area contributed by atoms with Crippen molar-refractivity contribution in [2.24, 2.45) is 7.05 Å². The lowest BCUT2D eigenvalue weighted by atomic mass is 10.3. The van der Waals surface area contributed by atoms with Crippen LogP contribution >= 0.6 is 0 Å². The number of allylic oxidation sites excluding steroid dienone is 1. The summed E-state index contributed by atoms with van der Waals surface area (Å²) >= 11 is 0. The van der Waals surface area contributed by atoms with Crippen molar-refractivity contribution in [2.45, 2.75) is 6.92 Å². The molecule has 1 aromatic heterocycles. The van der Waals surface area contributed by atoms with Crippen molar-refractivity contribution in [3.8, 4) is 0 Å². The Balaban J connectivity index is 3.13. The SMILES string of the molecule is Cc1cc2c(n1C)=C=C=CC=2. The number of aryl methyl sites for hydroxylation is 1. The highest BCUT2D eigenvalue weighted by Crippen LogP contribution is 1.86. The molecule has 54 valence electrons. The van der Waals surface area contributed by atoms with E-state index in [-0.39, 0.29) is 0 Å². The van der Waals surface area contributed by atoms with Gasteiger partial charge in [0.15, 0.2) is 0 Å². The molecule has 0 aliphatic heterocycles. The van der Waals surface area contributed by atoms with Crippen molar-refractivity contribution in [3.05, 3.63) is 34.1 Å². The van der Waals surface area contributed by atoms with Crippen molar-refractivity contribution < 1.29 is 0 Å². The van der Waals surface area contributed by atoms with Gasteiger partial charge in [-0.2, -0.15) is 0 Å². The highest BCUT2D eigenvalue weighted by atomic mass is 14.9. The molecular formula is C10H9N. The molecule has 2 rings (SSSR count). The van der Waals surface area contributed by atoms with Gasteiger partial charge in [-0.25, -0.2) is 0 Å². The molecule has 1 aliphatic rings. The second kappa shape index (κ2) is 2.03. The number of rotatable bonds is 0. The molecule has 1 nitrogen and oxygen atoms in total. The first-order chi connectivity index (χ1) is 5.29. The van der Waals surface area contributed by atoms with Gasteiger partial charge in [0.1, 0.15) is 0 Å². The predicted molar refractivity (Wildman–Crippen MR) is 45.4 cm³/mol. The number of aromatic nitrogens is 1. The van der Waals surface area contributed by atoms with Gasteiger partial charge in [-0.15, -0.1) is 0 Å². The summed E-state index contributed by atoms with van der Waals surface area (Å²) in [5, 5.41) is 2.37. The maximum absolute atomic E-state index is 3.08. The molecule has 1 aromatic rings. The van der Waals surface area contributed by atoms with E-state index in [1.165, 1.54) is 10.9 Å². The van der Waals surface area contributed by atoms with E-state index in [4.69, 9.17) is 0 Å². The Morgan fingerprint density at radius 3 is 3.00 bits per heavy atom. The van der Waals surface area contributed by atoms with Crippen LogP contribution in [0.15, 0.2) is 17.9 Å². The topological polar surface area (TPSA) is 4.93 Å². The quantitative estimate of drug-likeness (QED) is 0.458. The molecule has 0 saturated heterocycles. The van der Waals surface area contributed by atoms with E-state index in [9.17, 15) is 0 Å². The number of fused-ring (bicyclic) bond motifs is 1. The molecule has 0 radical (unpaired) electrons. The summed E-state index contributed by atoms with van der Waals surface area (Å²) < 4.78 is 2.12. The molecule has 0 saturated carbocycles. The molecular weight excluding hydrogens is 134 g/mol. The molecule has 0 bridgehead atoms. The molecule has 1 heterocycles. The average molecular weight is 143 g/mol. The molecule has 0 unspecified atom stereocenters. The minimum Gasteiger partial charge on any atom is -0.341 e. The number of nitrogens with zero attached hydrogens (tertiary/aromatic N) is 1. The summed E-state index contributed by atoms with van der Waals surface area (Å²) in [6, 6.07) is 2.15. The van der Waals surface area contributed by atoms with E-state index < -0.39 is 0 Å². The second-order valence-electron chi connectivity index (χ2n) is 2.75. The van der Waals surface area contributed by atoms with E-state index in [1.807, 2.05) is 13.1 Å². The van der Waals surface area contributed by atoms with E-state index in [0.717, 1.165) is 5.35 Å². The van der Waals surface area contributed by atoms with Gasteiger partial charge in [0.25, 0.3) is 0 Å². The Bertz CT molecular complexity index is 476. The van der Waals surface area contributed by atoms with E-state index in [1.54, 1.807) is 0 Å². The number of hydrogen-bond donors (Lipinski definition) is 0. The standard InChI is InChI=1S/C10H9N/c1-8-7-9-5-3-4-6-10(9)11(8)2/h3,5,7H,1-2H3. The van der Waals surface area contributed by atoms with Crippen LogP contribution in [0.25, 0.3) is 11.8 Å². The van der Waals surface area contributed by atoms with Gasteiger partial charge in [-0.3, -0.25) is 0 Å². The lowest BCUT2D eigenvalue weighted by Gasteiger charge is -1.92. The average Bonchev–Trinajstić information content (AvgIpc) is 2.30. The zero-order chi connectivity index (χ0) is 7.84. The van der Waals surface area contributed by atoms with Crippen LogP contribution in [-0.4, -0.2) is 4.57 Å². The Labute approximate surface area is 65.3 Å². The summed E-state index contributed by atoms with van der Waals surface area (Å²) in [4.78, 5) is 0. The third-order valence-electron chi connectivity index (χ3n) is 2.04. The Kier molecular flexibility index (Phi) is 1.16. The van der Waals surface area contributed by atoms with Crippen LogP contribution in [0.5, 0.6) is 0 Å². The van der Waals surface area contributed by atoms with Gasteiger partial charge < -0.3 is 4.57 Å². The van der Waals surface area contributed by atoms with Crippen LogP contribution in [0.4, 0.5) is 0 Å². The Morgan fingerprint density at radius 1 is 1.45 bits per heavy atom. The fourth-order valence-corrected chi connectivity index (χ4v) is 1.28. The highest BCUT2D eigenvalue weighted by Gasteiger charge is 1.95. The van der Waals surface area contributed by atoms with Crippen molar-refractivity contribution in [1.29, 1.82) is 0 Å². The Hall–Kier alpha value is -1.42. The third kappa shape index (κ3) is 0.798. The smallest absolute Gasteiger partial charge is 0.0996 e. The van der Waals surface area contributed by atoms with E-state index >= 15 is 0 Å². The maximum Gasteiger partial charge on any atom is 0.0996 e. The van der Waals surface area contributed by atoms with Crippen molar-refractivity contribution in [3.63, 3.8) is 0 Å². The molecule has 0 aromatic carbocycles. The summed E-state index contributed by atoms with van der Waals surface area (Å²) in [5.41, 5.74) is 7.28. The van der Waals surface area contributed by atoms with Gasteiger partial charge in [-0.1, -0.05) is 5.73 Å². The van der Waals surface area contributed by atoms with Crippen molar-refractivity contribution in [2.75, 3.05) is 0 Å². The molecule has 0 fully saturated rings. The third-order valence-corrected chi connectivity index (χ3v) is 2.04. The van der Waals surface area contributed by atoms with Crippen LogP contribution in [0, 0.1) is 6.92 Å². The second-order valence-corrected chi connectivity index (χ2v) is 2.75. The van der Waals surface area contributed by atoms with Gasteiger partial charge in [0.2, 0.25) is 0 Å². The van der Waals surface area contributed by atoms with Gasteiger partial charge in [-0.05, 0) is 30.9 Å². The zero-order valence-electron chi connectivity index (χ0n) is 6.68. The van der Waals surface area contributed by atoms with Crippen LogP contribution < -0.4 is 10.6 Å². The molecule has 0 spiro atoms. The molecule has 1 heteroatoms. The summed E-state index contributed by atoms with van der Waals surface area (Å²) in [6.07, 6.45) is 3.95. The summed E-state index contributed by atoms with van der Waals surface area (Å²) in [5.74, 6) is 0. The zero-order valence-corrected chi connectivity index (χ0v) is 6.68. The van der Waals surface area contributed by atoms with Gasteiger partial charge in [0, 0.05) is 18.0 Å². The first-order valence-corrected chi connectivity index (χ1v) is 3.63.